The Bertz CT molecular complexity index is 1050. The third-order valence-electron chi connectivity index (χ3n) is 4.62. The average molecular weight is 447 g/mol. The van der Waals surface area contributed by atoms with Crippen LogP contribution in [-0.4, -0.2) is 46.0 Å². The Labute approximate surface area is 179 Å². The number of hydrogen-bond donors (Lipinski definition) is 0. The molecule has 0 bridgehead atoms. The number of aryl methyl sites for hydroxylation is 1. The molecule has 0 unspecified atom stereocenters. The van der Waals surface area contributed by atoms with Gasteiger partial charge in [-0.1, -0.05) is 53.1 Å². The molecule has 2 aromatic carbocycles. The van der Waals surface area contributed by atoms with Gasteiger partial charge in [-0.25, -0.2) is 4.79 Å². The van der Waals surface area contributed by atoms with Gasteiger partial charge in [-0.2, -0.15) is 8.42 Å². The van der Waals surface area contributed by atoms with Gasteiger partial charge in [-0.05, 0) is 30.2 Å². The number of nitrogens with zero attached hydrogens (tertiary/aromatic N) is 3. The fraction of sp³-hybridized carbons (Fsp3) is 0.350. The van der Waals surface area contributed by atoms with Gasteiger partial charge < -0.3 is 14.2 Å². The summed E-state index contributed by atoms with van der Waals surface area (Å²) in [6, 6.07) is 13.6. The Balaban J connectivity index is 1.79. The highest BCUT2D eigenvalue weighted by atomic mass is 32.2. The van der Waals surface area contributed by atoms with Crippen LogP contribution in [0.25, 0.3) is 10.4 Å². The van der Waals surface area contributed by atoms with E-state index >= 15 is 0 Å². The van der Waals surface area contributed by atoms with Gasteiger partial charge >= 0.3 is 5.97 Å². The first kappa shape index (κ1) is 22.7. The maximum atomic E-state index is 12.7. The van der Waals surface area contributed by atoms with Crippen LogP contribution in [0, 0.1) is 6.92 Å². The number of carbonyl (C=O) groups excluding carboxylic acids is 1. The molecule has 0 saturated carbocycles. The molecule has 31 heavy (non-hydrogen) atoms. The van der Waals surface area contributed by atoms with Crippen molar-refractivity contribution in [1.29, 1.82) is 0 Å². The van der Waals surface area contributed by atoms with Gasteiger partial charge in [0.05, 0.1) is 4.90 Å². The molecule has 3 rings (SSSR count). The van der Waals surface area contributed by atoms with Crippen LogP contribution in [0.2, 0.25) is 0 Å². The highest BCUT2D eigenvalue weighted by Gasteiger charge is 2.51. The molecule has 0 N–H and O–H groups in total. The van der Waals surface area contributed by atoms with Crippen molar-refractivity contribution in [1.82, 2.24) is 0 Å². The summed E-state index contributed by atoms with van der Waals surface area (Å²) in [6.45, 7) is 1.78. The van der Waals surface area contributed by atoms with Crippen molar-refractivity contribution in [3.8, 4) is 0 Å². The summed E-state index contributed by atoms with van der Waals surface area (Å²) in [7, 11) is -3.00. The lowest BCUT2D eigenvalue weighted by Gasteiger charge is -2.19. The van der Waals surface area contributed by atoms with Crippen molar-refractivity contribution in [2.24, 2.45) is 5.11 Å². The Morgan fingerprint density at radius 1 is 1.16 bits per heavy atom. The second kappa shape index (κ2) is 9.90. The number of hydrogen-bond acceptors (Lipinski definition) is 8. The lowest BCUT2D eigenvalue weighted by atomic mass is 10.1. The zero-order valence-corrected chi connectivity index (χ0v) is 17.6. The zero-order chi connectivity index (χ0) is 22.4. The molecule has 0 amide bonds. The molecule has 0 aliphatic carbocycles. The van der Waals surface area contributed by atoms with Crippen LogP contribution >= 0.6 is 0 Å². The highest BCUT2D eigenvalue weighted by molar-refractivity contribution is 7.86. The Morgan fingerprint density at radius 3 is 2.45 bits per heavy atom. The normalized spacial score (nSPS) is 23.2. The number of rotatable bonds is 8. The first-order valence-electron chi connectivity index (χ1n) is 9.28. The maximum Gasteiger partial charge on any atom is 0.336 e. The monoisotopic (exact) mass is 447 g/mol. The van der Waals surface area contributed by atoms with Gasteiger partial charge in [0.1, 0.15) is 18.8 Å². The van der Waals surface area contributed by atoms with Crippen LogP contribution in [0.5, 0.6) is 0 Å². The molecule has 4 atom stereocenters. The van der Waals surface area contributed by atoms with Crippen LogP contribution in [0.3, 0.4) is 0 Å². The van der Waals surface area contributed by atoms with Gasteiger partial charge in [0.2, 0.25) is 0 Å². The van der Waals surface area contributed by atoms with Crippen LogP contribution < -0.4 is 0 Å². The van der Waals surface area contributed by atoms with E-state index in [0.29, 0.717) is 0 Å². The van der Waals surface area contributed by atoms with E-state index in [9.17, 15) is 13.2 Å². The van der Waals surface area contributed by atoms with Crippen molar-refractivity contribution in [3.05, 3.63) is 76.2 Å². The molecule has 0 spiro atoms. The molecule has 1 aliphatic heterocycles. The van der Waals surface area contributed by atoms with E-state index in [0.717, 1.165) is 11.1 Å². The topological polar surface area (TPSA) is 137 Å². The van der Waals surface area contributed by atoms with Gasteiger partial charge in [-0.3, -0.25) is 4.18 Å². The molecular formula is C20H21N3O7S. The molecular weight excluding hydrogens is 426 g/mol. The summed E-state index contributed by atoms with van der Waals surface area (Å²) in [6.07, 6.45) is -4.06. The molecule has 11 heteroatoms. The van der Waals surface area contributed by atoms with Crippen molar-refractivity contribution >= 4 is 16.1 Å². The highest BCUT2D eigenvalue weighted by Crippen LogP contribution is 2.31. The number of benzene rings is 2. The van der Waals surface area contributed by atoms with Gasteiger partial charge in [0.15, 0.2) is 12.4 Å². The fourth-order valence-corrected chi connectivity index (χ4v) is 4.10. The largest absolute Gasteiger partial charge is 0.459 e. The summed E-state index contributed by atoms with van der Waals surface area (Å²) in [5.41, 5.74) is 10.6. The molecule has 1 aliphatic rings. The molecule has 1 fully saturated rings. The third kappa shape index (κ3) is 5.40. The molecule has 10 nitrogen and oxygen atoms in total. The number of esters is 1. The van der Waals surface area contributed by atoms with E-state index in [1.54, 1.807) is 36.4 Å². The maximum absolute atomic E-state index is 12.7. The minimum Gasteiger partial charge on any atom is -0.459 e. The second-order valence-corrected chi connectivity index (χ2v) is 8.35. The molecule has 2 aromatic rings. The third-order valence-corrected chi connectivity index (χ3v) is 5.94. The number of azide groups is 1. The minimum absolute atomic E-state index is 0.0344. The van der Waals surface area contributed by atoms with Crippen LogP contribution in [-0.2, 0) is 39.9 Å². The van der Waals surface area contributed by atoms with Gasteiger partial charge in [0.25, 0.3) is 10.1 Å². The van der Waals surface area contributed by atoms with Crippen LogP contribution in [0.15, 0.2) is 64.6 Å². The molecule has 164 valence electrons. The molecule has 0 radical (unpaired) electrons. The molecule has 1 saturated heterocycles. The summed E-state index contributed by atoms with van der Waals surface area (Å²) in [4.78, 5) is 15.2. The Hall–Kier alpha value is -2.95. The summed E-state index contributed by atoms with van der Waals surface area (Å²) < 4.78 is 46.6. The fourth-order valence-electron chi connectivity index (χ4n) is 3.03. The van der Waals surface area contributed by atoms with Crippen molar-refractivity contribution in [2.45, 2.75) is 43.0 Å². The standard InChI is InChI=1S/C20H21N3O7S/c1-13-8-10-15(11-9-13)31(25,26)30-18-16(22-23-21)17(29-20(18)27-2)19(24)28-12-14-6-4-3-5-7-14/h3-11,16-18,20H,12H2,1-2H3/t16-,17-,18+,20+/m0/s1. The first-order chi connectivity index (χ1) is 14.9. The number of carbonyl (C=O) groups is 1. The Morgan fingerprint density at radius 2 is 1.84 bits per heavy atom. The van der Waals surface area contributed by atoms with Crippen LogP contribution in [0.4, 0.5) is 0 Å². The minimum atomic E-state index is -4.25. The summed E-state index contributed by atoms with van der Waals surface area (Å²) in [5, 5.41) is 3.54. The van der Waals surface area contributed by atoms with Crippen LogP contribution in [0.1, 0.15) is 11.1 Å². The predicted molar refractivity (Wildman–Crippen MR) is 108 cm³/mol. The lowest BCUT2D eigenvalue weighted by molar-refractivity contribution is -0.175. The molecule has 0 aromatic heterocycles. The van der Waals surface area contributed by atoms with E-state index in [4.69, 9.17) is 23.9 Å². The molecule has 1 heterocycles. The SMILES string of the molecule is CO[C@@H]1O[C@H](C(=O)OCc2ccccc2)[C@H](N=[N+]=[N-])[C@H]1OS(=O)(=O)c1ccc(C)cc1. The Kier molecular flexibility index (Phi) is 7.26. The van der Waals surface area contributed by atoms with E-state index in [2.05, 4.69) is 10.0 Å². The lowest BCUT2D eigenvalue weighted by Crippen LogP contribution is -2.39. The second-order valence-electron chi connectivity index (χ2n) is 6.78. The number of methoxy groups -OCH3 is 1. The zero-order valence-electron chi connectivity index (χ0n) is 16.8. The smallest absolute Gasteiger partial charge is 0.336 e. The summed E-state index contributed by atoms with van der Waals surface area (Å²) >= 11 is 0. The van der Waals surface area contributed by atoms with E-state index < -0.39 is 40.6 Å². The van der Waals surface area contributed by atoms with Gasteiger partial charge in [0, 0.05) is 12.0 Å². The van der Waals surface area contributed by atoms with Crippen molar-refractivity contribution in [3.63, 3.8) is 0 Å². The predicted octanol–water partition coefficient (Wildman–Crippen LogP) is 2.86. The van der Waals surface area contributed by atoms with E-state index in [-0.39, 0.29) is 11.5 Å². The quantitative estimate of drug-likeness (QED) is 0.199. The summed E-state index contributed by atoms with van der Waals surface area (Å²) in [5.74, 6) is -0.831. The van der Waals surface area contributed by atoms with Crippen molar-refractivity contribution < 1.29 is 31.6 Å². The van der Waals surface area contributed by atoms with E-state index in [1.807, 2.05) is 13.0 Å². The van der Waals surface area contributed by atoms with E-state index in [1.165, 1.54) is 19.2 Å². The number of ether oxygens (including phenoxy) is 3. The van der Waals surface area contributed by atoms with Gasteiger partial charge in [-0.15, -0.1) is 0 Å². The average Bonchev–Trinajstić information content (AvgIpc) is 3.10. The van der Waals surface area contributed by atoms with Crippen molar-refractivity contribution in [2.75, 3.05) is 7.11 Å². The first-order valence-corrected chi connectivity index (χ1v) is 10.7.